The quantitative estimate of drug-likeness (QED) is 0.417. The summed E-state index contributed by atoms with van der Waals surface area (Å²) in [5.74, 6) is -2.86. The van der Waals surface area contributed by atoms with Gasteiger partial charge in [-0.3, -0.25) is 4.79 Å². The molecule has 2 heterocycles. The molecule has 9 heteroatoms. The molecule has 0 N–H and O–H groups in total. The van der Waals surface area contributed by atoms with Crippen molar-refractivity contribution >= 4 is 30.6 Å². The molecule has 4 rings (SSSR count). The lowest BCUT2D eigenvalue weighted by molar-refractivity contribution is 0.0524. The van der Waals surface area contributed by atoms with Crippen LogP contribution in [0.2, 0.25) is 0 Å². The number of hydrogen-bond acceptors (Lipinski definition) is 5. The van der Waals surface area contributed by atoms with E-state index in [1.807, 2.05) is 6.08 Å². The van der Waals surface area contributed by atoms with E-state index in [-0.39, 0.29) is 29.2 Å². The molecular weight excluding hydrogens is 429 g/mol. The Morgan fingerprint density at radius 1 is 1.30 bits per heavy atom. The Hall–Kier alpha value is -2.52. The summed E-state index contributed by atoms with van der Waals surface area (Å²) in [6.45, 7) is 2.71. The van der Waals surface area contributed by atoms with Gasteiger partial charge in [-0.1, -0.05) is 12.2 Å². The van der Waals surface area contributed by atoms with Gasteiger partial charge in [0.15, 0.2) is 11.6 Å². The van der Waals surface area contributed by atoms with Gasteiger partial charge in [-0.25, -0.2) is 13.6 Å². The molecular formula is C24H28BF2N2O4. The highest BCUT2D eigenvalue weighted by atomic mass is 19.2. The second kappa shape index (κ2) is 10.2. The standard InChI is InChI=1S/C24H28BF2N2O4/c1-3-33-24(31)19-14-28(15-10-11-15)22-17(21(27)20(26)13-18(22)23(19)30)9-5-4-7-16-8-6-12-29(16)25-32-2/h5,9,13-16H,3-4,6-8,10-12H2,1-2H3/b9-5-. The van der Waals surface area contributed by atoms with Gasteiger partial charge in [-0.2, -0.15) is 0 Å². The Kier molecular flexibility index (Phi) is 7.29. The van der Waals surface area contributed by atoms with E-state index in [9.17, 15) is 18.4 Å². The third-order valence-electron chi connectivity index (χ3n) is 6.29. The predicted molar refractivity (Wildman–Crippen MR) is 123 cm³/mol. The van der Waals surface area contributed by atoms with E-state index in [2.05, 4.69) is 4.81 Å². The highest BCUT2D eigenvalue weighted by Gasteiger charge is 2.30. The molecule has 1 aromatic carbocycles. The van der Waals surface area contributed by atoms with Crippen LogP contribution in [0.5, 0.6) is 0 Å². The molecule has 6 nitrogen and oxygen atoms in total. The molecule has 2 aromatic rings. The third-order valence-corrected chi connectivity index (χ3v) is 6.29. The van der Waals surface area contributed by atoms with Gasteiger partial charge in [0.1, 0.15) is 5.56 Å². The van der Waals surface area contributed by atoms with Crippen LogP contribution in [0.15, 0.2) is 23.1 Å². The van der Waals surface area contributed by atoms with Crippen LogP contribution in [-0.4, -0.2) is 49.3 Å². The van der Waals surface area contributed by atoms with E-state index in [4.69, 9.17) is 9.39 Å². The number of pyridine rings is 1. The van der Waals surface area contributed by atoms with E-state index in [1.165, 1.54) is 6.20 Å². The number of halogens is 2. The predicted octanol–water partition coefficient (Wildman–Crippen LogP) is 4.23. The van der Waals surface area contributed by atoms with Crippen LogP contribution in [0, 0.1) is 11.6 Å². The normalized spacial score (nSPS) is 19.0. The number of carbonyl (C=O) groups is 1. The van der Waals surface area contributed by atoms with Crippen LogP contribution in [0.4, 0.5) is 8.78 Å². The van der Waals surface area contributed by atoms with Crippen molar-refractivity contribution in [1.29, 1.82) is 0 Å². The van der Waals surface area contributed by atoms with Crippen LogP contribution >= 0.6 is 0 Å². The monoisotopic (exact) mass is 457 g/mol. The fraction of sp³-hybridized carbons (Fsp3) is 0.500. The Morgan fingerprint density at radius 3 is 2.79 bits per heavy atom. The molecule has 33 heavy (non-hydrogen) atoms. The van der Waals surface area contributed by atoms with Crippen LogP contribution < -0.4 is 5.43 Å². The van der Waals surface area contributed by atoms with Crippen LogP contribution in [-0.2, 0) is 9.39 Å². The summed E-state index contributed by atoms with van der Waals surface area (Å²) in [6, 6.07) is 1.28. The summed E-state index contributed by atoms with van der Waals surface area (Å²) in [5, 5.41) is -0.0114. The maximum Gasteiger partial charge on any atom is 0.398 e. The lowest BCUT2D eigenvalue weighted by Gasteiger charge is -2.21. The highest BCUT2D eigenvalue weighted by Crippen LogP contribution is 2.39. The minimum absolute atomic E-state index is 0.0114. The van der Waals surface area contributed by atoms with Crippen LogP contribution in [0.3, 0.4) is 0 Å². The lowest BCUT2D eigenvalue weighted by Crippen LogP contribution is -2.33. The first-order chi connectivity index (χ1) is 16.0. The zero-order valence-corrected chi connectivity index (χ0v) is 19.0. The maximum atomic E-state index is 14.9. The van der Waals surface area contributed by atoms with Crippen LogP contribution in [0.25, 0.3) is 17.0 Å². The first-order valence-corrected chi connectivity index (χ1v) is 11.5. The number of nitrogens with zero attached hydrogens (tertiary/aromatic N) is 2. The Morgan fingerprint density at radius 2 is 2.09 bits per heavy atom. The molecule has 1 saturated carbocycles. The number of benzene rings is 1. The average molecular weight is 457 g/mol. The minimum atomic E-state index is -1.11. The van der Waals surface area contributed by atoms with Crippen LogP contribution in [0.1, 0.15) is 67.4 Å². The second-order valence-electron chi connectivity index (χ2n) is 8.57. The van der Waals surface area contributed by atoms with E-state index in [0.29, 0.717) is 18.0 Å². The Labute approximate surface area is 192 Å². The summed E-state index contributed by atoms with van der Waals surface area (Å²) in [5.41, 5.74) is -0.449. The second-order valence-corrected chi connectivity index (χ2v) is 8.57. The number of aromatic nitrogens is 1. The van der Waals surface area contributed by atoms with Crippen molar-refractivity contribution in [1.82, 2.24) is 9.38 Å². The molecule has 0 amide bonds. The van der Waals surface area contributed by atoms with Gasteiger partial charge in [0.05, 0.1) is 17.5 Å². The SMILES string of the molecule is CCOC(=O)c1cn(C2CC2)c2c(/C=C\CCC3CCCN3[B]OC)c(F)c(F)cc2c1=O. The maximum absolute atomic E-state index is 14.9. The molecule has 1 saturated heterocycles. The van der Waals surface area contributed by atoms with Gasteiger partial charge in [0.25, 0.3) is 0 Å². The Bertz CT molecular complexity index is 1130. The fourth-order valence-corrected chi connectivity index (χ4v) is 4.57. The largest absolute Gasteiger partial charge is 0.462 e. The minimum Gasteiger partial charge on any atom is -0.462 e. The highest BCUT2D eigenvalue weighted by molar-refractivity contribution is 6.23. The number of carbonyl (C=O) groups excluding carboxylic acids is 1. The van der Waals surface area contributed by atoms with Crippen molar-refractivity contribution in [3.05, 3.63) is 51.3 Å². The smallest absolute Gasteiger partial charge is 0.398 e. The fourth-order valence-electron chi connectivity index (χ4n) is 4.57. The number of hydrogen-bond donors (Lipinski definition) is 0. The topological polar surface area (TPSA) is 60.8 Å². The van der Waals surface area contributed by atoms with Gasteiger partial charge in [0, 0.05) is 31.0 Å². The number of allylic oxidation sites excluding steroid dienone is 1. The zero-order valence-electron chi connectivity index (χ0n) is 19.0. The zero-order chi connectivity index (χ0) is 23.5. The van der Waals surface area contributed by atoms with E-state index >= 15 is 0 Å². The molecule has 2 aliphatic rings. The molecule has 1 unspecified atom stereocenters. The number of rotatable bonds is 9. The Balaban J connectivity index is 1.70. The van der Waals surface area contributed by atoms with Gasteiger partial charge < -0.3 is 18.8 Å². The van der Waals surface area contributed by atoms with Crippen molar-refractivity contribution in [3.63, 3.8) is 0 Å². The van der Waals surface area contributed by atoms with Crippen molar-refractivity contribution in [2.75, 3.05) is 20.3 Å². The van der Waals surface area contributed by atoms with Gasteiger partial charge in [-0.05, 0) is 58.1 Å². The van der Waals surface area contributed by atoms with Crippen molar-refractivity contribution in [3.8, 4) is 0 Å². The van der Waals surface area contributed by atoms with Gasteiger partial charge in [-0.15, -0.1) is 0 Å². The van der Waals surface area contributed by atoms with Crippen molar-refractivity contribution < 1.29 is 23.0 Å². The molecule has 0 bridgehead atoms. The molecule has 1 atom stereocenters. The molecule has 1 aromatic heterocycles. The summed E-state index contributed by atoms with van der Waals surface area (Å²) >= 11 is 0. The summed E-state index contributed by atoms with van der Waals surface area (Å²) < 4.78 is 41.3. The van der Waals surface area contributed by atoms with Crippen molar-refractivity contribution in [2.45, 2.75) is 57.5 Å². The van der Waals surface area contributed by atoms with E-state index < -0.39 is 23.0 Å². The molecule has 1 radical (unpaired) electrons. The lowest BCUT2D eigenvalue weighted by atomic mass is 10.0. The number of fused-ring (bicyclic) bond motifs is 1. The molecule has 2 fully saturated rings. The average Bonchev–Trinajstić information content (AvgIpc) is 3.54. The van der Waals surface area contributed by atoms with E-state index in [1.54, 1.807) is 32.3 Å². The molecule has 1 aliphatic carbocycles. The van der Waals surface area contributed by atoms with Gasteiger partial charge in [0.2, 0.25) is 5.43 Å². The van der Waals surface area contributed by atoms with Gasteiger partial charge >= 0.3 is 13.6 Å². The van der Waals surface area contributed by atoms with Crippen molar-refractivity contribution in [2.24, 2.45) is 0 Å². The number of esters is 1. The molecule has 1 aliphatic heterocycles. The summed E-state index contributed by atoms with van der Waals surface area (Å²) in [6.07, 6.45) is 10.2. The molecule has 0 spiro atoms. The number of ether oxygens (including phenoxy) is 1. The first-order valence-electron chi connectivity index (χ1n) is 11.5. The summed E-state index contributed by atoms with van der Waals surface area (Å²) in [7, 11) is 3.36. The first kappa shape index (κ1) is 23.6. The van der Waals surface area contributed by atoms with E-state index in [0.717, 1.165) is 44.7 Å². The molecule has 175 valence electrons. The summed E-state index contributed by atoms with van der Waals surface area (Å²) in [4.78, 5) is 27.5. The third kappa shape index (κ3) is 4.89.